The standard InChI is InChI=1S/C21H22N2O2/c24-20(15-6-2-1-3-7-15)14-16-8-5-13-23(16)21(25)18-9-4-10-19-17(18)11-12-22-19/h1-4,6-7,9-12,16,20,22,24H,5,8,13-14H2. The van der Waals surface area contributed by atoms with Crippen molar-refractivity contribution in [1.82, 2.24) is 9.88 Å². The fourth-order valence-corrected chi connectivity index (χ4v) is 3.84. The van der Waals surface area contributed by atoms with Gasteiger partial charge in [-0.25, -0.2) is 0 Å². The van der Waals surface area contributed by atoms with Crippen LogP contribution < -0.4 is 0 Å². The summed E-state index contributed by atoms with van der Waals surface area (Å²) < 4.78 is 0. The first-order chi connectivity index (χ1) is 12.2. The van der Waals surface area contributed by atoms with Crippen molar-refractivity contribution >= 4 is 16.8 Å². The molecule has 0 saturated carbocycles. The molecule has 2 atom stereocenters. The van der Waals surface area contributed by atoms with Gasteiger partial charge in [0.05, 0.1) is 6.10 Å². The Morgan fingerprint density at radius 3 is 2.84 bits per heavy atom. The number of amides is 1. The van der Waals surface area contributed by atoms with E-state index in [0.717, 1.165) is 41.4 Å². The Morgan fingerprint density at radius 2 is 2.00 bits per heavy atom. The van der Waals surface area contributed by atoms with Gasteiger partial charge in [-0.2, -0.15) is 0 Å². The van der Waals surface area contributed by atoms with E-state index in [1.807, 2.05) is 65.7 Å². The molecule has 0 spiro atoms. The van der Waals surface area contributed by atoms with Gasteiger partial charge in [0, 0.05) is 35.2 Å². The van der Waals surface area contributed by atoms with E-state index in [4.69, 9.17) is 0 Å². The number of aliphatic hydroxyl groups is 1. The van der Waals surface area contributed by atoms with Crippen LogP contribution in [0.15, 0.2) is 60.8 Å². The first-order valence-electron chi connectivity index (χ1n) is 8.84. The zero-order valence-corrected chi connectivity index (χ0v) is 14.1. The molecule has 4 heteroatoms. The Hall–Kier alpha value is -2.59. The summed E-state index contributed by atoms with van der Waals surface area (Å²) in [5, 5.41) is 11.5. The highest BCUT2D eigenvalue weighted by Crippen LogP contribution is 2.30. The summed E-state index contributed by atoms with van der Waals surface area (Å²) >= 11 is 0. The monoisotopic (exact) mass is 334 g/mol. The summed E-state index contributed by atoms with van der Waals surface area (Å²) in [5.74, 6) is 0.0629. The average Bonchev–Trinajstić information content (AvgIpc) is 3.30. The van der Waals surface area contributed by atoms with E-state index in [-0.39, 0.29) is 11.9 Å². The maximum Gasteiger partial charge on any atom is 0.254 e. The molecular weight excluding hydrogens is 312 g/mol. The number of hydrogen-bond acceptors (Lipinski definition) is 2. The topological polar surface area (TPSA) is 56.3 Å². The molecule has 0 aliphatic carbocycles. The number of carbonyl (C=O) groups is 1. The van der Waals surface area contributed by atoms with Crippen LogP contribution in [0.25, 0.3) is 10.9 Å². The number of nitrogens with zero attached hydrogens (tertiary/aromatic N) is 1. The van der Waals surface area contributed by atoms with Gasteiger partial charge in [-0.3, -0.25) is 4.79 Å². The van der Waals surface area contributed by atoms with Gasteiger partial charge in [-0.05, 0) is 43.0 Å². The number of carbonyl (C=O) groups excluding carboxylic acids is 1. The third kappa shape index (κ3) is 3.05. The average molecular weight is 334 g/mol. The second kappa shape index (κ2) is 6.73. The number of aliphatic hydroxyl groups excluding tert-OH is 1. The maximum absolute atomic E-state index is 13.1. The molecule has 0 bridgehead atoms. The first-order valence-corrected chi connectivity index (χ1v) is 8.84. The number of fused-ring (bicyclic) bond motifs is 1. The number of hydrogen-bond donors (Lipinski definition) is 2. The van der Waals surface area contributed by atoms with Crippen molar-refractivity contribution < 1.29 is 9.90 Å². The van der Waals surface area contributed by atoms with Gasteiger partial charge in [0.15, 0.2) is 0 Å². The molecule has 2 heterocycles. The maximum atomic E-state index is 13.1. The Morgan fingerprint density at radius 1 is 1.16 bits per heavy atom. The quantitative estimate of drug-likeness (QED) is 0.760. The van der Waals surface area contributed by atoms with Crippen molar-refractivity contribution in [2.45, 2.75) is 31.4 Å². The summed E-state index contributed by atoms with van der Waals surface area (Å²) in [6, 6.07) is 17.5. The highest BCUT2D eigenvalue weighted by molar-refractivity contribution is 6.06. The lowest BCUT2D eigenvalue weighted by atomic mass is 10.00. The van der Waals surface area contributed by atoms with Crippen molar-refractivity contribution in [2.24, 2.45) is 0 Å². The van der Waals surface area contributed by atoms with Crippen LogP contribution in [-0.2, 0) is 0 Å². The molecule has 1 aromatic heterocycles. The number of nitrogens with one attached hydrogen (secondary N) is 1. The Balaban J connectivity index is 1.55. The van der Waals surface area contributed by atoms with Crippen LogP contribution in [0.2, 0.25) is 0 Å². The molecule has 25 heavy (non-hydrogen) atoms. The number of aromatic nitrogens is 1. The lowest BCUT2D eigenvalue weighted by molar-refractivity contribution is 0.0669. The Bertz CT molecular complexity index is 872. The zero-order valence-electron chi connectivity index (χ0n) is 14.1. The third-order valence-corrected chi connectivity index (χ3v) is 5.14. The number of rotatable bonds is 4. The second-order valence-corrected chi connectivity index (χ2v) is 6.70. The van der Waals surface area contributed by atoms with Crippen molar-refractivity contribution in [1.29, 1.82) is 0 Å². The fourth-order valence-electron chi connectivity index (χ4n) is 3.84. The van der Waals surface area contributed by atoms with Gasteiger partial charge in [0.2, 0.25) is 0 Å². The molecule has 0 radical (unpaired) electrons. The van der Waals surface area contributed by atoms with Crippen LogP contribution >= 0.6 is 0 Å². The molecule has 2 aromatic carbocycles. The molecule has 1 aliphatic heterocycles. The van der Waals surface area contributed by atoms with Gasteiger partial charge < -0.3 is 15.0 Å². The minimum absolute atomic E-state index is 0.0629. The summed E-state index contributed by atoms with van der Waals surface area (Å²) in [7, 11) is 0. The van der Waals surface area contributed by atoms with Gasteiger partial charge in [-0.1, -0.05) is 36.4 Å². The predicted octanol–water partition coefficient (Wildman–Crippen LogP) is 3.90. The van der Waals surface area contributed by atoms with E-state index in [2.05, 4.69) is 4.98 Å². The van der Waals surface area contributed by atoms with Crippen LogP contribution in [0, 0.1) is 0 Å². The summed E-state index contributed by atoms with van der Waals surface area (Å²) in [4.78, 5) is 18.2. The molecule has 1 fully saturated rings. The number of aromatic amines is 1. The largest absolute Gasteiger partial charge is 0.388 e. The number of H-pyrrole nitrogens is 1. The summed E-state index contributed by atoms with van der Waals surface area (Å²) in [6.07, 6.45) is 3.84. The summed E-state index contributed by atoms with van der Waals surface area (Å²) in [6.45, 7) is 0.756. The Labute approximate surface area is 147 Å². The van der Waals surface area contributed by atoms with E-state index in [1.54, 1.807) is 0 Å². The highest BCUT2D eigenvalue weighted by atomic mass is 16.3. The van der Waals surface area contributed by atoms with E-state index < -0.39 is 6.10 Å². The predicted molar refractivity (Wildman–Crippen MR) is 98.4 cm³/mol. The second-order valence-electron chi connectivity index (χ2n) is 6.70. The van der Waals surface area contributed by atoms with Crippen molar-refractivity contribution in [2.75, 3.05) is 6.54 Å². The van der Waals surface area contributed by atoms with E-state index in [0.29, 0.717) is 6.42 Å². The Kier molecular flexibility index (Phi) is 4.28. The van der Waals surface area contributed by atoms with Gasteiger partial charge >= 0.3 is 0 Å². The third-order valence-electron chi connectivity index (χ3n) is 5.14. The zero-order chi connectivity index (χ0) is 17.2. The van der Waals surface area contributed by atoms with Gasteiger partial charge in [0.1, 0.15) is 0 Å². The van der Waals surface area contributed by atoms with E-state index in [1.165, 1.54) is 0 Å². The number of likely N-dealkylation sites (tertiary alicyclic amines) is 1. The van der Waals surface area contributed by atoms with E-state index in [9.17, 15) is 9.90 Å². The number of benzene rings is 2. The molecule has 4 rings (SSSR count). The van der Waals surface area contributed by atoms with Crippen LogP contribution in [0.5, 0.6) is 0 Å². The van der Waals surface area contributed by atoms with E-state index >= 15 is 0 Å². The molecule has 2 unspecified atom stereocenters. The molecule has 1 saturated heterocycles. The van der Waals surface area contributed by atoms with Gasteiger partial charge in [0.25, 0.3) is 5.91 Å². The minimum Gasteiger partial charge on any atom is -0.388 e. The molecule has 4 nitrogen and oxygen atoms in total. The SMILES string of the molecule is O=C(c1cccc2[nH]ccc12)N1CCCC1CC(O)c1ccccc1. The summed E-state index contributed by atoms with van der Waals surface area (Å²) in [5.41, 5.74) is 2.63. The normalized spacial score (nSPS) is 18.6. The molecular formula is C21H22N2O2. The van der Waals surface area contributed by atoms with Crippen molar-refractivity contribution in [3.05, 3.63) is 71.9 Å². The van der Waals surface area contributed by atoms with Crippen molar-refractivity contribution in [3.63, 3.8) is 0 Å². The van der Waals surface area contributed by atoms with Crippen LogP contribution in [0.4, 0.5) is 0 Å². The molecule has 1 amide bonds. The minimum atomic E-state index is -0.539. The lowest BCUT2D eigenvalue weighted by Crippen LogP contribution is -2.36. The lowest BCUT2D eigenvalue weighted by Gasteiger charge is -2.27. The highest BCUT2D eigenvalue weighted by Gasteiger charge is 2.31. The van der Waals surface area contributed by atoms with Crippen LogP contribution in [0.1, 0.15) is 41.3 Å². The van der Waals surface area contributed by atoms with Gasteiger partial charge in [-0.15, -0.1) is 0 Å². The molecule has 3 aromatic rings. The molecule has 128 valence electrons. The smallest absolute Gasteiger partial charge is 0.254 e. The fraction of sp³-hybridized carbons (Fsp3) is 0.286. The first kappa shape index (κ1) is 15.9. The van der Waals surface area contributed by atoms with Crippen molar-refractivity contribution in [3.8, 4) is 0 Å². The molecule has 2 N–H and O–H groups in total. The van der Waals surface area contributed by atoms with Crippen LogP contribution in [0.3, 0.4) is 0 Å². The van der Waals surface area contributed by atoms with Crippen LogP contribution in [-0.4, -0.2) is 33.5 Å². The molecule has 1 aliphatic rings.